The summed E-state index contributed by atoms with van der Waals surface area (Å²) < 4.78 is 5.31. The van der Waals surface area contributed by atoms with E-state index in [-0.39, 0.29) is 6.61 Å². The van der Waals surface area contributed by atoms with Gasteiger partial charge in [0.05, 0.1) is 0 Å². The Kier molecular flexibility index (Phi) is 5.05. The van der Waals surface area contributed by atoms with Crippen molar-refractivity contribution in [2.75, 3.05) is 18.5 Å². The van der Waals surface area contributed by atoms with Crippen LogP contribution in [0.3, 0.4) is 0 Å². The number of nitriles is 1. The monoisotopic (exact) mass is 259 g/mol. The molecule has 1 aromatic carbocycles. The zero-order valence-corrected chi connectivity index (χ0v) is 11.1. The fourth-order valence-electron chi connectivity index (χ4n) is 2.69. The molecule has 0 heterocycles. The van der Waals surface area contributed by atoms with E-state index < -0.39 is 0 Å². The van der Waals surface area contributed by atoms with E-state index in [1.807, 2.05) is 30.3 Å². The Hall–Kier alpha value is -1.73. The van der Waals surface area contributed by atoms with E-state index in [1.165, 1.54) is 25.7 Å². The molecule has 0 radical (unpaired) electrons. The molecule has 0 spiro atoms. The van der Waals surface area contributed by atoms with Gasteiger partial charge in [-0.05, 0) is 37.4 Å². The van der Waals surface area contributed by atoms with E-state index in [4.69, 9.17) is 15.7 Å². The fourth-order valence-corrected chi connectivity index (χ4v) is 2.69. The number of ether oxygens (including phenoxy) is 1. The van der Waals surface area contributed by atoms with E-state index in [2.05, 4.69) is 5.32 Å². The van der Waals surface area contributed by atoms with Crippen molar-refractivity contribution in [3.63, 3.8) is 0 Å². The molecule has 2 atom stereocenters. The van der Waals surface area contributed by atoms with Crippen molar-refractivity contribution in [2.45, 2.75) is 31.7 Å². The summed E-state index contributed by atoms with van der Waals surface area (Å²) in [7, 11) is 0. The van der Waals surface area contributed by atoms with Gasteiger partial charge in [0.25, 0.3) is 0 Å². The standard InChI is InChI=1S/C15H21N3O/c16-8-9-19-14-6-3-5-13(10-14)18-15-7-2-1-4-12(15)11-17/h3,5-6,10,12,15,18H,1-2,4,7,9,11,17H2. The Bertz CT molecular complexity index is 441. The van der Waals surface area contributed by atoms with Gasteiger partial charge in [-0.15, -0.1) is 0 Å². The van der Waals surface area contributed by atoms with Crippen molar-refractivity contribution in [3.8, 4) is 11.8 Å². The van der Waals surface area contributed by atoms with Crippen LogP contribution in [0.15, 0.2) is 24.3 Å². The van der Waals surface area contributed by atoms with E-state index in [0.29, 0.717) is 12.0 Å². The third-order valence-corrected chi connectivity index (χ3v) is 3.70. The Morgan fingerprint density at radius 3 is 3.00 bits per heavy atom. The normalized spacial score (nSPS) is 22.5. The zero-order chi connectivity index (χ0) is 13.5. The molecule has 0 aliphatic heterocycles. The lowest BCUT2D eigenvalue weighted by molar-refractivity contribution is 0.332. The maximum Gasteiger partial charge on any atom is 0.174 e. The smallest absolute Gasteiger partial charge is 0.174 e. The minimum absolute atomic E-state index is 0.0817. The van der Waals surface area contributed by atoms with Crippen molar-refractivity contribution in [1.29, 1.82) is 5.26 Å². The first-order valence-electron chi connectivity index (χ1n) is 6.90. The van der Waals surface area contributed by atoms with Crippen molar-refractivity contribution >= 4 is 5.69 Å². The highest BCUT2D eigenvalue weighted by molar-refractivity contribution is 5.49. The van der Waals surface area contributed by atoms with Gasteiger partial charge in [0, 0.05) is 17.8 Å². The summed E-state index contributed by atoms with van der Waals surface area (Å²) in [6, 6.07) is 10.2. The molecule has 4 heteroatoms. The molecule has 19 heavy (non-hydrogen) atoms. The van der Waals surface area contributed by atoms with Crippen molar-refractivity contribution < 1.29 is 4.74 Å². The third kappa shape index (κ3) is 3.87. The molecule has 4 nitrogen and oxygen atoms in total. The van der Waals surface area contributed by atoms with Gasteiger partial charge in [-0.3, -0.25) is 0 Å². The minimum Gasteiger partial charge on any atom is -0.479 e. The van der Waals surface area contributed by atoms with Crippen molar-refractivity contribution in [1.82, 2.24) is 0 Å². The van der Waals surface area contributed by atoms with E-state index >= 15 is 0 Å². The largest absolute Gasteiger partial charge is 0.479 e. The van der Waals surface area contributed by atoms with Crippen LogP contribution >= 0.6 is 0 Å². The van der Waals surface area contributed by atoms with Crippen LogP contribution in [-0.2, 0) is 0 Å². The summed E-state index contributed by atoms with van der Waals surface area (Å²) in [5.74, 6) is 1.28. The van der Waals surface area contributed by atoms with E-state index in [9.17, 15) is 0 Å². The number of rotatable bonds is 5. The summed E-state index contributed by atoms with van der Waals surface area (Å²) in [6.07, 6.45) is 4.92. The Balaban J connectivity index is 1.99. The molecule has 0 saturated heterocycles. The van der Waals surface area contributed by atoms with Crippen LogP contribution in [0.25, 0.3) is 0 Å². The number of anilines is 1. The van der Waals surface area contributed by atoms with Crippen molar-refractivity contribution in [2.24, 2.45) is 11.7 Å². The Labute approximate surface area is 114 Å². The lowest BCUT2D eigenvalue weighted by Crippen LogP contribution is -2.36. The summed E-state index contributed by atoms with van der Waals surface area (Å²) in [5, 5.41) is 12.1. The Morgan fingerprint density at radius 2 is 2.21 bits per heavy atom. The van der Waals surface area contributed by atoms with Crippen LogP contribution in [0.5, 0.6) is 5.75 Å². The van der Waals surface area contributed by atoms with Gasteiger partial charge in [0.15, 0.2) is 6.61 Å². The topological polar surface area (TPSA) is 71.1 Å². The lowest BCUT2D eigenvalue weighted by atomic mass is 9.84. The second-order valence-electron chi connectivity index (χ2n) is 5.01. The highest BCUT2D eigenvalue weighted by atomic mass is 16.5. The maximum absolute atomic E-state index is 8.52. The van der Waals surface area contributed by atoms with Gasteiger partial charge in [-0.25, -0.2) is 0 Å². The predicted octanol–water partition coefficient (Wildman–Crippen LogP) is 2.52. The van der Waals surface area contributed by atoms with Crippen LogP contribution in [-0.4, -0.2) is 19.2 Å². The van der Waals surface area contributed by atoms with Crippen LogP contribution in [0, 0.1) is 17.2 Å². The van der Waals surface area contributed by atoms with Gasteiger partial charge < -0.3 is 15.8 Å². The number of nitrogens with one attached hydrogen (secondary N) is 1. The average Bonchev–Trinajstić information content (AvgIpc) is 2.46. The zero-order valence-electron chi connectivity index (χ0n) is 11.1. The SMILES string of the molecule is N#CCOc1cccc(NC2CCCCC2CN)c1. The van der Waals surface area contributed by atoms with Gasteiger partial charge >= 0.3 is 0 Å². The van der Waals surface area contributed by atoms with Gasteiger partial charge in [0.2, 0.25) is 0 Å². The molecule has 0 amide bonds. The highest BCUT2D eigenvalue weighted by Gasteiger charge is 2.23. The predicted molar refractivity (Wildman–Crippen MR) is 76.0 cm³/mol. The molecule has 0 bridgehead atoms. The molecule has 1 aliphatic carbocycles. The lowest BCUT2D eigenvalue weighted by Gasteiger charge is -2.32. The van der Waals surface area contributed by atoms with Crippen LogP contribution in [0.1, 0.15) is 25.7 Å². The van der Waals surface area contributed by atoms with Crippen molar-refractivity contribution in [3.05, 3.63) is 24.3 Å². The first-order chi connectivity index (χ1) is 9.33. The van der Waals surface area contributed by atoms with Crippen LogP contribution in [0.2, 0.25) is 0 Å². The molecule has 3 N–H and O–H groups in total. The molecule has 1 fully saturated rings. The van der Waals surface area contributed by atoms with Crippen LogP contribution < -0.4 is 15.8 Å². The number of nitrogens with zero attached hydrogens (tertiary/aromatic N) is 1. The molecule has 0 aromatic heterocycles. The highest BCUT2D eigenvalue weighted by Crippen LogP contribution is 2.27. The summed E-state index contributed by atoms with van der Waals surface area (Å²) >= 11 is 0. The van der Waals surface area contributed by atoms with Crippen LogP contribution in [0.4, 0.5) is 5.69 Å². The maximum atomic E-state index is 8.52. The van der Waals surface area contributed by atoms with Gasteiger partial charge in [0.1, 0.15) is 11.8 Å². The average molecular weight is 259 g/mol. The quantitative estimate of drug-likeness (QED) is 0.852. The number of hydrogen-bond acceptors (Lipinski definition) is 4. The molecule has 1 aromatic rings. The molecular weight excluding hydrogens is 238 g/mol. The molecule has 1 aliphatic rings. The summed E-state index contributed by atoms with van der Waals surface area (Å²) in [6.45, 7) is 0.820. The van der Waals surface area contributed by atoms with Gasteiger partial charge in [-0.2, -0.15) is 5.26 Å². The number of nitrogens with two attached hydrogens (primary N) is 1. The van der Waals surface area contributed by atoms with E-state index in [0.717, 1.165) is 18.0 Å². The molecule has 102 valence electrons. The second-order valence-corrected chi connectivity index (χ2v) is 5.01. The second kappa shape index (κ2) is 7.01. The fraction of sp³-hybridized carbons (Fsp3) is 0.533. The van der Waals surface area contributed by atoms with E-state index in [1.54, 1.807) is 0 Å². The molecule has 2 rings (SSSR count). The van der Waals surface area contributed by atoms with Gasteiger partial charge in [-0.1, -0.05) is 18.9 Å². The first kappa shape index (κ1) is 13.7. The summed E-state index contributed by atoms with van der Waals surface area (Å²) in [5.41, 5.74) is 6.88. The third-order valence-electron chi connectivity index (χ3n) is 3.70. The number of benzene rings is 1. The Morgan fingerprint density at radius 1 is 1.37 bits per heavy atom. The minimum atomic E-state index is 0.0817. The number of hydrogen-bond donors (Lipinski definition) is 2. The molecule has 2 unspecified atom stereocenters. The summed E-state index contributed by atoms with van der Waals surface area (Å²) in [4.78, 5) is 0. The molecule has 1 saturated carbocycles. The molecular formula is C15H21N3O. The first-order valence-corrected chi connectivity index (χ1v) is 6.90.